The van der Waals surface area contributed by atoms with E-state index in [2.05, 4.69) is 12.2 Å². The Labute approximate surface area is 108 Å². The van der Waals surface area contributed by atoms with Crippen LogP contribution in [0.2, 0.25) is 0 Å². The molecule has 1 aliphatic heterocycles. The summed E-state index contributed by atoms with van der Waals surface area (Å²) in [5.41, 5.74) is 0. The Kier molecular flexibility index (Phi) is 4.57. The molecule has 1 saturated heterocycles. The summed E-state index contributed by atoms with van der Waals surface area (Å²) in [5, 5.41) is 3.17. The van der Waals surface area contributed by atoms with Crippen molar-refractivity contribution in [2.75, 3.05) is 6.54 Å². The van der Waals surface area contributed by atoms with Gasteiger partial charge in [-0.3, -0.25) is 0 Å². The van der Waals surface area contributed by atoms with Crippen LogP contribution in [0.1, 0.15) is 51.9 Å². The standard InChI is InChI=1S/C14H24F3N/c1-2-10-5-3-6-11(9-10)13-12(14(15,16)17)7-4-8-18-13/h10-13,18H,2-9H2,1H3. The monoisotopic (exact) mass is 263 g/mol. The lowest BCUT2D eigenvalue weighted by Gasteiger charge is -2.42. The summed E-state index contributed by atoms with van der Waals surface area (Å²) in [6.45, 7) is 2.91. The van der Waals surface area contributed by atoms with Crippen LogP contribution < -0.4 is 5.32 Å². The second kappa shape index (κ2) is 5.81. The van der Waals surface area contributed by atoms with Crippen molar-refractivity contribution >= 4 is 0 Å². The highest BCUT2D eigenvalue weighted by Gasteiger charge is 2.48. The van der Waals surface area contributed by atoms with Gasteiger partial charge in [0.15, 0.2) is 0 Å². The molecule has 0 radical (unpaired) electrons. The van der Waals surface area contributed by atoms with Crippen LogP contribution in [0.4, 0.5) is 13.2 Å². The smallest absolute Gasteiger partial charge is 0.313 e. The van der Waals surface area contributed by atoms with E-state index in [1.165, 1.54) is 6.42 Å². The molecule has 2 aliphatic rings. The Morgan fingerprint density at radius 3 is 2.56 bits per heavy atom. The van der Waals surface area contributed by atoms with Gasteiger partial charge >= 0.3 is 6.18 Å². The zero-order valence-electron chi connectivity index (χ0n) is 11.1. The summed E-state index contributed by atoms with van der Waals surface area (Å²) in [7, 11) is 0. The molecule has 106 valence electrons. The first kappa shape index (κ1) is 14.2. The minimum Gasteiger partial charge on any atom is -0.313 e. The molecule has 1 heterocycles. The minimum atomic E-state index is -4.03. The minimum absolute atomic E-state index is 0.232. The number of nitrogens with one attached hydrogen (secondary N) is 1. The van der Waals surface area contributed by atoms with Crippen LogP contribution in [0.15, 0.2) is 0 Å². The maximum atomic E-state index is 13.1. The maximum Gasteiger partial charge on any atom is 0.393 e. The van der Waals surface area contributed by atoms with Crippen LogP contribution in [0.3, 0.4) is 0 Å². The number of rotatable bonds is 2. The first-order valence-electron chi connectivity index (χ1n) is 7.32. The second-order valence-electron chi connectivity index (χ2n) is 5.97. The Hall–Kier alpha value is -0.250. The fourth-order valence-electron chi connectivity index (χ4n) is 3.80. The fraction of sp³-hybridized carbons (Fsp3) is 1.00. The summed E-state index contributed by atoms with van der Waals surface area (Å²) in [5.74, 6) is -0.246. The molecule has 0 aromatic carbocycles. The van der Waals surface area contributed by atoms with E-state index >= 15 is 0 Å². The molecule has 1 N–H and O–H groups in total. The molecule has 0 bridgehead atoms. The topological polar surface area (TPSA) is 12.0 Å². The lowest BCUT2D eigenvalue weighted by molar-refractivity contribution is -0.193. The largest absolute Gasteiger partial charge is 0.393 e. The van der Waals surface area contributed by atoms with E-state index in [9.17, 15) is 13.2 Å². The SMILES string of the molecule is CCC1CCCC(C2NCCCC2C(F)(F)F)C1. The summed E-state index contributed by atoms with van der Waals surface area (Å²) >= 11 is 0. The van der Waals surface area contributed by atoms with Crippen LogP contribution >= 0.6 is 0 Å². The average Bonchev–Trinajstić information content (AvgIpc) is 2.38. The van der Waals surface area contributed by atoms with Crippen LogP contribution in [0.25, 0.3) is 0 Å². The van der Waals surface area contributed by atoms with Gasteiger partial charge in [-0.05, 0) is 44.1 Å². The van der Waals surface area contributed by atoms with Gasteiger partial charge in [-0.15, -0.1) is 0 Å². The first-order chi connectivity index (χ1) is 8.52. The normalized spacial score (nSPS) is 38.7. The lowest BCUT2D eigenvalue weighted by Crippen LogP contribution is -2.52. The molecule has 2 fully saturated rings. The highest BCUT2D eigenvalue weighted by Crippen LogP contribution is 2.42. The van der Waals surface area contributed by atoms with Crippen molar-refractivity contribution in [2.45, 2.75) is 64.1 Å². The molecule has 1 aliphatic carbocycles. The van der Waals surface area contributed by atoms with Crippen molar-refractivity contribution in [2.24, 2.45) is 17.8 Å². The Morgan fingerprint density at radius 1 is 1.11 bits per heavy atom. The number of piperidine rings is 1. The van der Waals surface area contributed by atoms with Crippen molar-refractivity contribution in [1.29, 1.82) is 0 Å². The van der Waals surface area contributed by atoms with Crippen LogP contribution in [0.5, 0.6) is 0 Å². The molecule has 1 nitrogen and oxygen atoms in total. The molecule has 4 unspecified atom stereocenters. The number of alkyl halides is 3. The summed E-state index contributed by atoms with van der Waals surface area (Å²) < 4.78 is 39.3. The molecular formula is C14H24F3N. The summed E-state index contributed by atoms with van der Waals surface area (Å²) in [6.07, 6.45) is 2.32. The van der Waals surface area contributed by atoms with Gasteiger partial charge in [0.05, 0.1) is 5.92 Å². The van der Waals surface area contributed by atoms with E-state index in [-0.39, 0.29) is 12.0 Å². The second-order valence-corrected chi connectivity index (χ2v) is 5.97. The quantitative estimate of drug-likeness (QED) is 0.789. The maximum absolute atomic E-state index is 13.1. The van der Waals surface area contributed by atoms with Crippen molar-refractivity contribution in [3.05, 3.63) is 0 Å². The van der Waals surface area contributed by atoms with Crippen molar-refractivity contribution < 1.29 is 13.2 Å². The molecule has 0 amide bonds. The van der Waals surface area contributed by atoms with Gasteiger partial charge in [-0.25, -0.2) is 0 Å². The van der Waals surface area contributed by atoms with E-state index in [1.54, 1.807) is 0 Å². The number of halogens is 3. The van der Waals surface area contributed by atoms with Gasteiger partial charge in [-0.1, -0.05) is 26.2 Å². The highest BCUT2D eigenvalue weighted by atomic mass is 19.4. The van der Waals surface area contributed by atoms with Gasteiger partial charge in [0.1, 0.15) is 0 Å². The molecule has 1 saturated carbocycles. The predicted molar refractivity (Wildman–Crippen MR) is 66.3 cm³/mol. The van der Waals surface area contributed by atoms with E-state index in [4.69, 9.17) is 0 Å². The molecule has 4 atom stereocenters. The van der Waals surface area contributed by atoms with Gasteiger partial charge in [-0.2, -0.15) is 13.2 Å². The lowest BCUT2D eigenvalue weighted by atomic mass is 9.71. The van der Waals surface area contributed by atoms with Gasteiger partial charge in [0.2, 0.25) is 0 Å². The zero-order chi connectivity index (χ0) is 13.2. The Morgan fingerprint density at radius 2 is 1.89 bits per heavy atom. The molecule has 0 aromatic rings. The third-order valence-electron chi connectivity index (χ3n) is 4.83. The van der Waals surface area contributed by atoms with Crippen molar-refractivity contribution in [3.63, 3.8) is 0 Å². The molecule has 4 heteroatoms. The van der Waals surface area contributed by atoms with Gasteiger partial charge in [0.25, 0.3) is 0 Å². The fourth-order valence-corrected chi connectivity index (χ4v) is 3.80. The third kappa shape index (κ3) is 3.19. The molecule has 2 rings (SSSR count). The third-order valence-corrected chi connectivity index (χ3v) is 4.83. The number of hydrogen-bond donors (Lipinski definition) is 1. The summed E-state index contributed by atoms with van der Waals surface area (Å²) in [6, 6.07) is -0.326. The van der Waals surface area contributed by atoms with Crippen molar-refractivity contribution in [1.82, 2.24) is 5.32 Å². The highest BCUT2D eigenvalue weighted by molar-refractivity contribution is 4.92. The van der Waals surface area contributed by atoms with Gasteiger partial charge in [0, 0.05) is 6.04 Å². The molecular weight excluding hydrogens is 239 g/mol. The molecule has 0 aromatic heterocycles. The van der Waals surface area contributed by atoms with E-state index in [0.29, 0.717) is 18.8 Å². The van der Waals surface area contributed by atoms with Crippen LogP contribution in [-0.2, 0) is 0 Å². The van der Waals surface area contributed by atoms with Crippen LogP contribution in [-0.4, -0.2) is 18.8 Å². The zero-order valence-corrected chi connectivity index (χ0v) is 11.1. The molecule has 18 heavy (non-hydrogen) atoms. The summed E-state index contributed by atoms with van der Waals surface area (Å²) in [4.78, 5) is 0. The first-order valence-corrected chi connectivity index (χ1v) is 7.32. The Bertz CT molecular complexity index is 264. The Balaban J connectivity index is 2.04. The molecule has 0 spiro atoms. The van der Waals surface area contributed by atoms with E-state index in [0.717, 1.165) is 32.2 Å². The van der Waals surface area contributed by atoms with Crippen molar-refractivity contribution in [3.8, 4) is 0 Å². The van der Waals surface area contributed by atoms with Gasteiger partial charge < -0.3 is 5.32 Å². The number of hydrogen-bond acceptors (Lipinski definition) is 1. The van der Waals surface area contributed by atoms with E-state index in [1.807, 2.05) is 0 Å². The van der Waals surface area contributed by atoms with E-state index < -0.39 is 12.1 Å². The average molecular weight is 263 g/mol. The van der Waals surface area contributed by atoms with Crippen LogP contribution in [0, 0.1) is 17.8 Å². The predicted octanol–water partition coefficient (Wildman–Crippen LogP) is 4.13.